The van der Waals surface area contributed by atoms with Crippen molar-refractivity contribution in [3.63, 3.8) is 0 Å². The third-order valence-corrected chi connectivity index (χ3v) is 1.73. The Morgan fingerprint density at radius 2 is 1.50 bits per heavy atom. The number of thiocarbonyl (C=S) groups is 1. The van der Waals surface area contributed by atoms with Crippen molar-refractivity contribution in [2.45, 2.75) is 0 Å². The molecule has 4 N–H and O–H groups in total. The molecule has 0 radical (unpaired) electrons. The fourth-order valence-corrected chi connectivity index (χ4v) is 1.03. The van der Waals surface area contributed by atoms with Crippen LogP contribution >= 0.6 is 24.4 Å². The zero-order chi connectivity index (χ0) is 8.81. The van der Waals surface area contributed by atoms with Gasteiger partial charge in [0, 0.05) is 25.5 Å². The van der Waals surface area contributed by atoms with Crippen LogP contribution in [0.1, 0.15) is 0 Å². The van der Waals surface area contributed by atoms with Gasteiger partial charge < -0.3 is 20.6 Å². The molecule has 0 amide bonds. The Kier molecular flexibility index (Phi) is 3.75. The summed E-state index contributed by atoms with van der Waals surface area (Å²) in [5.74, 6) is 0. The first-order valence-corrected chi connectivity index (χ1v) is 4.34. The monoisotopic (exact) mass is 202 g/mol. The Morgan fingerprint density at radius 1 is 1.00 bits per heavy atom. The van der Waals surface area contributed by atoms with Gasteiger partial charge in [0.2, 0.25) is 0 Å². The standard InChI is InChI=1S/C3H6N2S.C3H4N2S/c2*6-3-4-1-2-5-3/h1-2H2,(H2,4,5,6);1-2H,(H2,4,5,6). The van der Waals surface area contributed by atoms with Crippen LogP contribution in [-0.4, -0.2) is 28.2 Å². The van der Waals surface area contributed by atoms with Crippen LogP contribution in [0.3, 0.4) is 0 Å². The maximum atomic E-state index is 4.70. The van der Waals surface area contributed by atoms with Crippen molar-refractivity contribution >= 4 is 29.5 Å². The number of hydrogen-bond donors (Lipinski definition) is 4. The third-order valence-electron chi connectivity index (χ3n) is 1.21. The molecule has 1 aliphatic rings. The Balaban J connectivity index is 0.000000120. The van der Waals surface area contributed by atoms with E-state index in [0.29, 0.717) is 4.77 Å². The third kappa shape index (κ3) is 3.49. The molecule has 12 heavy (non-hydrogen) atoms. The molecule has 2 rings (SSSR count). The van der Waals surface area contributed by atoms with Crippen LogP contribution in [0, 0.1) is 4.77 Å². The highest BCUT2D eigenvalue weighted by molar-refractivity contribution is 7.80. The van der Waals surface area contributed by atoms with Gasteiger partial charge in [0.15, 0.2) is 9.88 Å². The molecule has 0 aromatic carbocycles. The average molecular weight is 202 g/mol. The first kappa shape index (κ1) is 9.21. The molecule has 0 saturated carbocycles. The first-order valence-electron chi connectivity index (χ1n) is 3.53. The van der Waals surface area contributed by atoms with Gasteiger partial charge in [-0.2, -0.15) is 0 Å². The average Bonchev–Trinajstić information content (AvgIpc) is 2.63. The first-order chi connectivity index (χ1) is 5.79. The van der Waals surface area contributed by atoms with E-state index in [4.69, 9.17) is 12.2 Å². The van der Waals surface area contributed by atoms with Crippen molar-refractivity contribution in [2.24, 2.45) is 0 Å². The molecule has 66 valence electrons. The van der Waals surface area contributed by atoms with Gasteiger partial charge in [-0.15, -0.1) is 0 Å². The SMILES string of the molecule is S=C1NCCN1.S=c1[nH]cc[nH]1. The molecule has 4 nitrogen and oxygen atoms in total. The van der Waals surface area contributed by atoms with Gasteiger partial charge >= 0.3 is 0 Å². The van der Waals surface area contributed by atoms with Crippen LogP contribution in [-0.2, 0) is 0 Å². The summed E-state index contributed by atoms with van der Waals surface area (Å²) in [7, 11) is 0. The molecular weight excluding hydrogens is 192 g/mol. The largest absolute Gasteiger partial charge is 0.361 e. The second-order valence-corrected chi connectivity index (χ2v) is 2.95. The molecule has 1 fully saturated rings. The maximum Gasteiger partial charge on any atom is 0.174 e. The zero-order valence-corrected chi connectivity index (χ0v) is 8.02. The lowest BCUT2D eigenvalue weighted by Gasteiger charge is -1.85. The molecule has 6 heteroatoms. The van der Waals surface area contributed by atoms with E-state index < -0.39 is 0 Å². The number of hydrogen-bond acceptors (Lipinski definition) is 2. The predicted octanol–water partition coefficient (Wildman–Crippen LogP) is 0.536. The summed E-state index contributed by atoms with van der Waals surface area (Å²) in [6.45, 7) is 1.97. The number of nitrogens with one attached hydrogen (secondary N) is 4. The Hall–Kier alpha value is -0.880. The van der Waals surface area contributed by atoms with Gasteiger partial charge in [0.1, 0.15) is 0 Å². The number of rotatable bonds is 0. The van der Waals surface area contributed by atoms with E-state index in [0.717, 1.165) is 18.2 Å². The quantitative estimate of drug-likeness (QED) is 0.464. The van der Waals surface area contributed by atoms with Crippen molar-refractivity contribution in [3.8, 4) is 0 Å². The van der Waals surface area contributed by atoms with Crippen molar-refractivity contribution < 1.29 is 0 Å². The van der Waals surface area contributed by atoms with Crippen LogP contribution in [0.15, 0.2) is 12.4 Å². The van der Waals surface area contributed by atoms with Gasteiger partial charge in [0.05, 0.1) is 0 Å². The van der Waals surface area contributed by atoms with Crippen LogP contribution in [0.2, 0.25) is 0 Å². The molecule has 2 heterocycles. The lowest BCUT2D eigenvalue weighted by atomic mass is 10.7. The summed E-state index contributed by atoms with van der Waals surface area (Å²) < 4.78 is 0.676. The molecule has 1 aromatic heterocycles. The summed E-state index contributed by atoms with van der Waals surface area (Å²) in [4.78, 5) is 5.52. The van der Waals surface area contributed by atoms with Crippen molar-refractivity contribution in [1.29, 1.82) is 0 Å². The highest BCUT2D eigenvalue weighted by atomic mass is 32.1. The molecule has 0 atom stereocenters. The van der Waals surface area contributed by atoms with E-state index in [9.17, 15) is 0 Å². The minimum absolute atomic E-state index is 0.676. The lowest BCUT2D eigenvalue weighted by Crippen LogP contribution is -2.19. The molecule has 0 unspecified atom stereocenters. The molecular formula is C6H10N4S2. The predicted molar refractivity (Wildman–Crippen MR) is 54.6 cm³/mol. The molecule has 0 bridgehead atoms. The topological polar surface area (TPSA) is 55.6 Å². The lowest BCUT2D eigenvalue weighted by molar-refractivity contribution is 0.942. The van der Waals surface area contributed by atoms with Gasteiger partial charge in [-0.1, -0.05) is 0 Å². The van der Waals surface area contributed by atoms with Gasteiger partial charge in [-0.3, -0.25) is 0 Å². The molecule has 1 saturated heterocycles. The minimum atomic E-state index is 0.676. The minimum Gasteiger partial charge on any atom is -0.361 e. The summed E-state index contributed by atoms with van der Waals surface area (Å²) >= 11 is 9.33. The highest BCUT2D eigenvalue weighted by Crippen LogP contribution is 1.72. The fraction of sp³-hybridized carbons (Fsp3) is 0.333. The Bertz CT molecular complexity index is 265. The van der Waals surface area contributed by atoms with Crippen molar-refractivity contribution in [1.82, 2.24) is 20.6 Å². The highest BCUT2D eigenvalue weighted by Gasteiger charge is 1.98. The van der Waals surface area contributed by atoms with E-state index in [-0.39, 0.29) is 0 Å². The Labute approximate surface area is 80.8 Å². The molecule has 0 aliphatic carbocycles. The van der Waals surface area contributed by atoms with Crippen molar-refractivity contribution in [2.75, 3.05) is 13.1 Å². The second kappa shape index (κ2) is 4.89. The van der Waals surface area contributed by atoms with Gasteiger partial charge in [-0.05, 0) is 24.4 Å². The number of aromatic amines is 2. The van der Waals surface area contributed by atoms with E-state index in [1.54, 1.807) is 12.4 Å². The summed E-state index contributed by atoms with van der Waals surface area (Å²) in [6, 6.07) is 0. The second-order valence-electron chi connectivity index (χ2n) is 2.13. The normalized spacial score (nSPS) is 14.2. The Morgan fingerprint density at radius 3 is 1.67 bits per heavy atom. The van der Waals surface area contributed by atoms with Crippen LogP contribution in [0.4, 0.5) is 0 Å². The van der Waals surface area contributed by atoms with Crippen LogP contribution in [0.5, 0.6) is 0 Å². The molecule has 1 aliphatic heterocycles. The maximum absolute atomic E-state index is 4.70. The smallest absolute Gasteiger partial charge is 0.174 e. The van der Waals surface area contributed by atoms with Gasteiger partial charge in [-0.25, -0.2) is 0 Å². The number of aromatic nitrogens is 2. The fourth-order valence-electron chi connectivity index (χ4n) is 0.691. The number of H-pyrrole nitrogens is 2. The van der Waals surface area contributed by atoms with Crippen molar-refractivity contribution in [3.05, 3.63) is 17.2 Å². The van der Waals surface area contributed by atoms with Gasteiger partial charge in [0.25, 0.3) is 0 Å². The summed E-state index contributed by atoms with van der Waals surface area (Å²) in [5.41, 5.74) is 0. The van der Waals surface area contributed by atoms with Crippen LogP contribution < -0.4 is 10.6 Å². The number of imidazole rings is 1. The summed E-state index contributed by atoms with van der Waals surface area (Å²) in [6.07, 6.45) is 3.50. The van der Waals surface area contributed by atoms with E-state index >= 15 is 0 Å². The molecule has 0 spiro atoms. The molecule has 1 aromatic rings. The van der Waals surface area contributed by atoms with E-state index in [1.165, 1.54) is 0 Å². The van der Waals surface area contributed by atoms with Crippen LogP contribution in [0.25, 0.3) is 0 Å². The van der Waals surface area contributed by atoms with E-state index in [2.05, 4.69) is 32.8 Å². The van der Waals surface area contributed by atoms with E-state index in [1.807, 2.05) is 0 Å². The zero-order valence-electron chi connectivity index (χ0n) is 6.39. The summed E-state index contributed by atoms with van der Waals surface area (Å²) in [5, 5.41) is 6.67.